The summed E-state index contributed by atoms with van der Waals surface area (Å²) in [6, 6.07) is 4.81. The normalized spacial score (nSPS) is 13.5. The summed E-state index contributed by atoms with van der Waals surface area (Å²) in [7, 11) is 0. The molecule has 1 N–H and O–H groups in total. The third-order valence-electron chi connectivity index (χ3n) is 2.69. The molecule has 1 aromatic carbocycles. The third kappa shape index (κ3) is 4.29. The molecular formula is C13H11NO7S-2. The number of hydrogen-bond acceptors (Lipinski definition) is 8. The fourth-order valence-electron chi connectivity index (χ4n) is 1.71. The Morgan fingerprint density at radius 3 is 2.64 bits per heavy atom. The van der Waals surface area contributed by atoms with Gasteiger partial charge in [-0.3, -0.25) is 4.79 Å². The highest BCUT2D eigenvalue weighted by Gasteiger charge is 2.16. The van der Waals surface area contributed by atoms with Crippen LogP contribution in [0.4, 0.5) is 5.69 Å². The lowest BCUT2D eigenvalue weighted by Crippen LogP contribution is -2.39. The van der Waals surface area contributed by atoms with E-state index in [1.165, 1.54) is 0 Å². The summed E-state index contributed by atoms with van der Waals surface area (Å²) < 4.78 is 10.3. The number of carboxylic acid groups (broad SMARTS) is 2. The van der Waals surface area contributed by atoms with Gasteiger partial charge in [0.05, 0.1) is 17.0 Å². The predicted molar refractivity (Wildman–Crippen MR) is 72.1 cm³/mol. The van der Waals surface area contributed by atoms with Crippen molar-refractivity contribution in [3.8, 4) is 11.5 Å². The van der Waals surface area contributed by atoms with Gasteiger partial charge in [-0.25, -0.2) is 0 Å². The second-order valence-electron chi connectivity index (χ2n) is 4.31. The van der Waals surface area contributed by atoms with E-state index >= 15 is 0 Å². The van der Waals surface area contributed by atoms with E-state index in [2.05, 4.69) is 5.32 Å². The summed E-state index contributed by atoms with van der Waals surface area (Å²) in [6.45, 7) is 0.110. The number of anilines is 1. The fourth-order valence-corrected chi connectivity index (χ4v) is 2.52. The molecule has 1 aromatic rings. The monoisotopic (exact) mass is 325 g/mol. The van der Waals surface area contributed by atoms with Gasteiger partial charge in [-0.15, -0.1) is 11.8 Å². The number of amides is 1. The van der Waals surface area contributed by atoms with Crippen LogP contribution in [0.2, 0.25) is 0 Å². The number of aliphatic carboxylic acids is 2. The van der Waals surface area contributed by atoms with Crippen LogP contribution in [0.3, 0.4) is 0 Å². The van der Waals surface area contributed by atoms with E-state index in [0.29, 0.717) is 28.9 Å². The highest BCUT2D eigenvalue weighted by Crippen LogP contribution is 2.34. The van der Waals surface area contributed by atoms with Gasteiger partial charge >= 0.3 is 0 Å². The second kappa shape index (κ2) is 7.03. The Morgan fingerprint density at radius 1 is 1.23 bits per heavy atom. The predicted octanol–water partition coefficient (Wildman–Crippen LogP) is -1.65. The topological polar surface area (TPSA) is 128 Å². The van der Waals surface area contributed by atoms with Gasteiger partial charge in [0, 0.05) is 24.1 Å². The maximum absolute atomic E-state index is 11.7. The SMILES string of the molecule is O=C([O-])C[C@H](SCC(=O)Nc1ccc2c(c1)OCO2)C(=O)[O-]. The number of carboxylic acids is 2. The van der Waals surface area contributed by atoms with Gasteiger partial charge < -0.3 is 34.6 Å². The number of nitrogens with one attached hydrogen (secondary N) is 1. The first-order valence-electron chi connectivity index (χ1n) is 6.17. The van der Waals surface area contributed by atoms with Crippen LogP contribution < -0.4 is 25.0 Å². The molecule has 0 radical (unpaired) electrons. The fraction of sp³-hybridized carbons (Fsp3) is 0.308. The molecule has 22 heavy (non-hydrogen) atoms. The number of ether oxygens (including phenoxy) is 2. The molecule has 0 aliphatic carbocycles. The third-order valence-corrected chi connectivity index (χ3v) is 3.88. The molecule has 8 nitrogen and oxygen atoms in total. The summed E-state index contributed by atoms with van der Waals surface area (Å²) in [5.74, 6) is -2.72. The summed E-state index contributed by atoms with van der Waals surface area (Å²) in [6.07, 6.45) is -0.718. The molecule has 0 aromatic heterocycles. The van der Waals surface area contributed by atoms with E-state index in [9.17, 15) is 24.6 Å². The minimum Gasteiger partial charge on any atom is -0.550 e. The molecule has 1 heterocycles. The number of thioether (sulfide) groups is 1. The van der Waals surface area contributed by atoms with Gasteiger partial charge in [0.15, 0.2) is 11.5 Å². The first kappa shape index (κ1) is 16.0. The Kier molecular flexibility index (Phi) is 5.10. The summed E-state index contributed by atoms with van der Waals surface area (Å²) in [5, 5.41) is 22.4. The average molecular weight is 325 g/mol. The van der Waals surface area contributed by atoms with Crippen molar-refractivity contribution in [1.29, 1.82) is 0 Å². The standard InChI is InChI=1S/C13H13NO7S/c15-11(5-22-10(13(18)19)4-12(16)17)14-7-1-2-8-9(3-7)21-6-20-8/h1-3,10H,4-6H2,(H,14,15)(H,16,17)(H,18,19)/p-2/t10-/m0/s1. The van der Waals surface area contributed by atoms with Crippen molar-refractivity contribution in [2.24, 2.45) is 0 Å². The van der Waals surface area contributed by atoms with E-state index in [4.69, 9.17) is 9.47 Å². The van der Waals surface area contributed by atoms with Gasteiger partial charge in [-0.05, 0) is 12.1 Å². The Labute approximate surface area is 129 Å². The maximum Gasteiger partial charge on any atom is 0.234 e. The first-order valence-corrected chi connectivity index (χ1v) is 7.22. The lowest BCUT2D eigenvalue weighted by molar-refractivity contribution is -0.314. The zero-order valence-corrected chi connectivity index (χ0v) is 12.0. The number of rotatable bonds is 7. The number of benzene rings is 1. The zero-order valence-electron chi connectivity index (χ0n) is 11.2. The van der Waals surface area contributed by atoms with E-state index in [-0.39, 0.29) is 12.5 Å². The number of carbonyl (C=O) groups excluding carboxylic acids is 3. The van der Waals surface area contributed by atoms with Crippen LogP contribution in [-0.2, 0) is 14.4 Å². The average Bonchev–Trinajstić information content (AvgIpc) is 2.90. The maximum atomic E-state index is 11.7. The van der Waals surface area contributed by atoms with Crippen LogP contribution >= 0.6 is 11.8 Å². The van der Waals surface area contributed by atoms with Crippen LogP contribution in [0.15, 0.2) is 18.2 Å². The molecule has 0 saturated carbocycles. The molecule has 0 bridgehead atoms. The molecule has 1 aliphatic rings. The van der Waals surface area contributed by atoms with Crippen LogP contribution in [-0.4, -0.2) is 35.6 Å². The molecule has 0 fully saturated rings. The summed E-state index contributed by atoms with van der Waals surface area (Å²) in [4.78, 5) is 32.9. The van der Waals surface area contributed by atoms with Crippen molar-refractivity contribution < 1.29 is 34.1 Å². The van der Waals surface area contributed by atoms with Crippen LogP contribution in [0.25, 0.3) is 0 Å². The summed E-state index contributed by atoms with van der Waals surface area (Å²) in [5.41, 5.74) is 0.458. The molecule has 118 valence electrons. The second-order valence-corrected chi connectivity index (χ2v) is 5.50. The molecule has 1 amide bonds. The number of hydrogen-bond donors (Lipinski definition) is 1. The number of carbonyl (C=O) groups is 3. The van der Waals surface area contributed by atoms with Gasteiger partial charge in [-0.2, -0.15) is 0 Å². The Hall–Kier alpha value is -2.42. The molecule has 1 aliphatic heterocycles. The van der Waals surface area contributed by atoms with E-state index in [0.717, 1.165) is 0 Å². The Bertz CT molecular complexity index is 604. The van der Waals surface area contributed by atoms with Crippen molar-refractivity contribution in [2.45, 2.75) is 11.7 Å². The molecular weight excluding hydrogens is 314 g/mol. The van der Waals surface area contributed by atoms with Crippen molar-refractivity contribution >= 4 is 35.3 Å². The zero-order chi connectivity index (χ0) is 16.1. The van der Waals surface area contributed by atoms with E-state index in [1.807, 2.05) is 0 Å². The van der Waals surface area contributed by atoms with Crippen molar-refractivity contribution in [3.05, 3.63) is 18.2 Å². The Balaban J connectivity index is 1.87. The van der Waals surface area contributed by atoms with Crippen molar-refractivity contribution in [1.82, 2.24) is 0 Å². The van der Waals surface area contributed by atoms with Crippen LogP contribution in [0.1, 0.15) is 6.42 Å². The molecule has 0 spiro atoms. The van der Waals surface area contributed by atoms with Gasteiger partial charge in [0.25, 0.3) is 0 Å². The van der Waals surface area contributed by atoms with Crippen LogP contribution in [0.5, 0.6) is 11.5 Å². The van der Waals surface area contributed by atoms with Crippen molar-refractivity contribution in [3.63, 3.8) is 0 Å². The highest BCUT2D eigenvalue weighted by molar-refractivity contribution is 8.01. The molecule has 2 rings (SSSR count). The van der Waals surface area contributed by atoms with Gasteiger partial charge in [0.2, 0.25) is 12.7 Å². The first-order chi connectivity index (χ1) is 10.5. The highest BCUT2D eigenvalue weighted by atomic mass is 32.2. The van der Waals surface area contributed by atoms with Gasteiger partial charge in [0.1, 0.15) is 0 Å². The molecule has 0 unspecified atom stereocenters. The minimum atomic E-state index is -1.55. The van der Waals surface area contributed by atoms with Crippen molar-refractivity contribution in [2.75, 3.05) is 17.9 Å². The lowest BCUT2D eigenvalue weighted by atomic mass is 10.3. The van der Waals surface area contributed by atoms with E-state index < -0.39 is 29.5 Å². The van der Waals surface area contributed by atoms with Crippen LogP contribution in [0, 0.1) is 0 Å². The van der Waals surface area contributed by atoms with E-state index in [1.54, 1.807) is 18.2 Å². The van der Waals surface area contributed by atoms with Gasteiger partial charge in [-0.1, -0.05) is 0 Å². The Morgan fingerprint density at radius 2 is 1.95 bits per heavy atom. The molecule has 1 atom stereocenters. The lowest BCUT2D eigenvalue weighted by Gasteiger charge is -2.17. The number of fused-ring (bicyclic) bond motifs is 1. The smallest absolute Gasteiger partial charge is 0.234 e. The summed E-state index contributed by atoms with van der Waals surface area (Å²) >= 11 is 0.660. The molecule has 9 heteroatoms. The largest absolute Gasteiger partial charge is 0.550 e. The quantitative estimate of drug-likeness (QED) is 0.631. The molecule has 0 saturated heterocycles. The minimum absolute atomic E-state index is 0.110.